The molecule has 0 atom stereocenters. The van der Waals surface area contributed by atoms with E-state index in [0.717, 1.165) is 5.69 Å². The molecule has 1 fully saturated rings. The molecule has 90 valence electrons. The summed E-state index contributed by atoms with van der Waals surface area (Å²) in [6, 6.07) is 2.14. The molecule has 1 heterocycles. The van der Waals surface area contributed by atoms with Crippen LogP contribution in [-0.4, -0.2) is 15.8 Å². The molecule has 0 spiro atoms. The first kappa shape index (κ1) is 11.7. The van der Waals surface area contributed by atoms with Crippen LogP contribution in [0.3, 0.4) is 0 Å². The van der Waals surface area contributed by atoms with E-state index in [4.69, 9.17) is 0 Å². The van der Waals surface area contributed by atoms with Crippen molar-refractivity contribution in [2.24, 2.45) is 0 Å². The number of anilines is 1. The lowest BCUT2D eigenvalue weighted by atomic mass is 9.93. The highest BCUT2D eigenvalue weighted by Gasteiger charge is 2.17. The van der Waals surface area contributed by atoms with Crippen molar-refractivity contribution in [1.29, 1.82) is 0 Å². The minimum atomic E-state index is -0.0628. The Kier molecular flexibility index (Phi) is 3.81. The third kappa shape index (κ3) is 3.10. The first-order chi connectivity index (χ1) is 8.29. The van der Waals surface area contributed by atoms with E-state index in [9.17, 15) is 4.79 Å². The molecule has 4 heteroatoms. The van der Waals surface area contributed by atoms with Gasteiger partial charge in [-0.05, 0) is 26.2 Å². The minimum Gasteiger partial charge on any atom is -0.381 e. The zero-order chi connectivity index (χ0) is 12.1. The fourth-order valence-electron chi connectivity index (χ4n) is 1.76. The molecule has 0 saturated heterocycles. The Morgan fingerprint density at radius 1 is 1.59 bits per heavy atom. The van der Waals surface area contributed by atoms with Gasteiger partial charge in [-0.15, -0.1) is 11.8 Å². The van der Waals surface area contributed by atoms with Crippen LogP contribution in [0.4, 0.5) is 5.69 Å². The molecule has 17 heavy (non-hydrogen) atoms. The number of aryl methyl sites for hydroxylation is 1. The van der Waals surface area contributed by atoms with E-state index in [0.29, 0.717) is 19.0 Å². The van der Waals surface area contributed by atoms with Crippen LogP contribution in [0.25, 0.3) is 0 Å². The summed E-state index contributed by atoms with van der Waals surface area (Å²) < 4.78 is 1.45. The molecular formula is C13H17N3O. The zero-order valence-corrected chi connectivity index (χ0v) is 10.1. The molecule has 4 nitrogen and oxygen atoms in total. The van der Waals surface area contributed by atoms with Crippen LogP contribution < -0.4 is 10.9 Å². The van der Waals surface area contributed by atoms with Crippen molar-refractivity contribution in [3.05, 3.63) is 22.6 Å². The van der Waals surface area contributed by atoms with Gasteiger partial charge in [0.1, 0.15) is 0 Å². The molecule has 0 amide bonds. The molecule has 1 aromatic heterocycles. The van der Waals surface area contributed by atoms with Crippen molar-refractivity contribution in [3.8, 4) is 11.8 Å². The van der Waals surface area contributed by atoms with E-state index in [1.54, 1.807) is 19.2 Å². The smallest absolute Gasteiger partial charge is 0.268 e. The van der Waals surface area contributed by atoms with E-state index in [-0.39, 0.29) is 5.56 Å². The fraction of sp³-hybridized carbons (Fsp3) is 0.538. The van der Waals surface area contributed by atoms with Gasteiger partial charge in [0.2, 0.25) is 0 Å². The molecule has 1 aliphatic rings. The summed E-state index contributed by atoms with van der Waals surface area (Å²) >= 11 is 0. The maximum atomic E-state index is 11.7. The Labute approximate surface area is 101 Å². The Balaban J connectivity index is 1.99. The second-order valence-corrected chi connectivity index (χ2v) is 4.25. The number of rotatable bonds is 4. The van der Waals surface area contributed by atoms with E-state index < -0.39 is 0 Å². The molecule has 1 N–H and O–H groups in total. The highest BCUT2D eigenvalue weighted by atomic mass is 16.1. The maximum absolute atomic E-state index is 11.7. The zero-order valence-electron chi connectivity index (χ0n) is 10.1. The van der Waals surface area contributed by atoms with Crippen LogP contribution in [0, 0.1) is 11.8 Å². The summed E-state index contributed by atoms with van der Waals surface area (Å²) in [7, 11) is 0. The van der Waals surface area contributed by atoms with Gasteiger partial charge in [0.25, 0.3) is 5.56 Å². The van der Waals surface area contributed by atoms with Crippen molar-refractivity contribution in [3.63, 3.8) is 0 Å². The lowest BCUT2D eigenvalue weighted by Gasteiger charge is -2.27. The molecule has 2 rings (SSSR count). The number of hydrogen-bond donors (Lipinski definition) is 1. The van der Waals surface area contributed by atoms with Crippen LogP contribution in [-0.2, 0) is 6.54 Å². The SMILES string of the molecule is CC#CCCn1ncc(NC2CCC2)cc1=O. The molecule has 0 aromatic carbocycles. The largest absolute Gasteiger partial charge is 0.381 e. The standard InChI is InChI=1S/C13H17N3O/c1-2-3-4-8-16-13(17)9-12(10-14-16)15-11-6-5-7-11/h9-11,15H,4-8H2,1H3. The van der Waals surface area contributed by atoms with Crippen LogP contribution in [0.5, 0.6) is 0 Å². The Bertz CT molecular complexity index is 491. The molecule has 0 radical (unpaired) electrons. The second-order valence-electron chi connectivity index (χ2n) is 4.25. The van der Waals surface area contributed by atoms with Gasteiger partial charge in [0, 0.05) is 18.5 Å². The number of aromatic nitrogens is 2. The average Bonchev–Trinajstić information content (AvgIpc) is 2.27. The van der Waals surface area contributed by atoms with Gasteiger partial charge in [0.15, 0.2) is 0 Å². The Morgan fingerprint density at radius 2 is 2.41 bits per heavy atom. The summed E-state index contributed by atoms with van der Waals surface area (Å²) in [4.78, 5) is 11.7. The Morgan fingerprint density at radius 3 is 3.00 bits per heavy atom. The molecule has 0 bridgehead atoms. The van der Waals surface area contributed by atoms with Gasteiger partial charge in [-0.25, -0.2) is 4.68 Å². The van der Waals surface area contributed by atoms with Crippen LogP contribution >= 0.6 is 0 Å². The lowest BCUT2D eigenvalue weighted by molar-refractivity contribution is 0.445. The lowest BCUT2D eigenvalue weighted by Crippen LogP contribution is -2.29. The Hall–Kier alpha value is -1.76. The third-order valence-corrected chi connectivity index (χ3v) is 2.97. The van der Waals surface area contributed by atoms with Gasteiger partial charge < -0.3 is 5.32 Å². The van der Waals surface area contributed by atoms with E-state index in [2.05, 4.69) is 22.3 Å². The number of nitrogens with zero attached hydrogens (tertiary/aromatic N) is 2. The normalized spacial score (nSPS) is 14.6. The molecule has 1 aliphatic carbocycles. The molecule has 1 aromatic rings. The monoisotopic (exact) mass is 231 g/mol. The average molecular weight is 231 g/mol. The van der Waals surface area contributed by atoms with Crippen molar-refractivity contribution >= 4 is 5.69 Å². The minimum absolute atomic E-state index is 0.0628. The first-order valence-corrected chi connectivity index (χ1v) is 6.03. The van der Waals surface area contributed by atoms with Crippen molar-refractivity contribution in [2.75, 3.05) is 5.32 Å². The third-order valence-electron chi connectivity index (χ3n) is 2.97. The van der Waals surface area contributed by atoms with Crippen molar-refractivity contribution in [1.82, 2.24) is 9.78 Å². The van der Waals surface area contributed by atoms with Gasteiger partial charge >= 0.3 is 0 Å². The van der Waals surface area contributed by atoms with Crippen molar-refractivity contribution < 1.29 is 0 Å². The maximum Gasteiger partial charge on any atom is 0.268 e. The van der Waals surface area contributed by atoms with Gasteiger partial charge in [-0.3, -0.25) is 4.79 Å². The predicted octanol–water partition coefficient (Wildman–Crippen LogP) is 1.62. The molecular weight excluding hydrogens is 214 g/mol. The molecule has 1 saturated carbocycles. The first-order valence-electron chi connectivity index (χ1n) is 6.03. The van der Waals surface area contributed by atoms with E-state index in [1.165, 1.54) is 23.9 Å². The summed E-state index contributed by atoms with van der Waals surface area (Å²) in [5.74, 6) is 5.73. The van der Waals surface area contributed by atoms with E-state index in [1.807, 2.05) is 0 Å². The molecule has 0 aliphatic heterocycles. The van der Waals surface area contributed by atoms with Crippen LogP contribution in [0.15, 0.2) is 17.1 Å². The van der Waals surface area contributed by atoms with Gasteiger partial charge in [0.05, 0.1) is 18.4 Å². The summed E-state index contributed by atoms with van der Waals surface area (Å²) in [6.45, 7) is 2.35. The van der Waals surface area contributed by atoms with Crippen LogP contribution in [0.1, 0.15) is 32.6 Å². The van der Waals surface area contributed by atoms with Gasteiger partial charge in [-0.1, -0.05) is 0 Å². The summed E-state index contributed by atoms with van der Waals surface area (Å²) in [5.41, 5.74) is 0.768. The summed E-state index contributed by atoms with van der Waals surface area (Å²) in [6.07, 6.45) is 6.04. The highest BCUT2D eigenvalue weighted by molar-refractivity contribution is 5.40. The number of nitrogens with one attached hydrogen (secondary N) is 1. The molecule has 0 unspecified atom stereocenters. The van der Waals surface area contributed by atoms with Gasteiger partial charge in [-0.2, -0.15) is 5.10 Å². The topological polar surface area (TPSA) is 46.9 Å². The highest BCUT2D eigenvalue weighted by Crippen LogP contribution is 2.21. The van der Waals surface area contributed by atoms with Crippen molar-refractivity contribution in [2.45, 2.75) is 45.2 Å². The quantitative estimate of drug-likeness (QED) is 0.801. The fourth-order valence-corrected chi connectivity index (χ4v) is 1.76. The number of hydrogen-bond acceptors (Lipinski definition) is 3. The van der Waals surface area contributed by atoms with E-state index >= 15 is 0 Å². The second kappa shape index (κ2) is 5.53. The van der Waals surface area contributed by atoms with Crippen LogP contribution in [0.2, 0.25) is 0 Å². The summed E-state index contributed by atoms with van der Waals surface area (Å²) in [5, 5.41) is 7.45. The predicted molar refractivity (Wildman–Crippen MR) is 67.8 cm³/mol.